The molecule has 118 valence electrons. The van der Waals surface area contributed by atoms with Gasteiger partial charge in [0.05, 0.1) is 6.61 Å². The van der Waals surface area contributed by atoms with Crippen LogP contribution < -0.4 is 15.0 Å². The molecule has 1 aliphatic heterocycles. The van der Waals surface area contributed by atoms with Crippen LogP contribution in [0.15, 0.2) is 24.3 Å². The Balaban J connectivity index is 1.91. The molecule has 1 heterocycles. The van der Waals surface area contributed by atoms with E-state index in [4.69, 9.17) is 15.0 Å². The van der Waals surface area contributed by atoms with Crippen molar-refractivity contribution >= 4 is 5.69 Å². The van der Waals surface area contributed by atoms with E-state index in [1.807, 2.05) is 24.3 Å². The summed E-state index contributed by atoms with van der Waals surface area (Å²) < 4.78 is 42.4. The number of nitrogens with zero attached hydrogens (tertiary/aromatic N) is 2. The minimum absolute atomic E-state index is 0.459. The lowest BCUT2D eigenvalue weighted by Crippen LogP contribution is -2.48. The van der Waals surface area contributed by atoms with Crippen molar-refractivity contribution in [1.82, 2.24) is 10.2 Å². The van der Waals surface area contributed by atoms with Gasteiger partial charge < -0.3 is 19.7 Å². The second-order valence-electron chi connectivity index (χ2n) is 4.80. The largest absolute Gasteiger partial charge is 0.491 e. The summed E-state index contributed by atoms with van der Waals surface area (Å²) in [6, 6.07) is 7.80. The lowest BCUT2D eigenvalue weighted by Gasteiger charge is -2.36. The fraction of sp³-hybridized carbons (Fsp3) is 0.625. The lowest BCUT2D eigenvalue weighted by molar-refractivity contribution is 0.146. The van der Waals surface area contributed by atoms with Crippen LogP contribution in [-0.4, -0.2) is 71.4 Å². The van der Waals surface area contributed by atoms with Gasteiger partial charge in [0.2, 0.25) is 0 Å². The predicted molar refractivity (Wildman–Crippen MR) is 86.4 cm³/mol. The number of piperazine rings is 1. The van der Waals surface area contributed by atoms with Gasteiger partial charge in [-0.2, -0.15) is 0 Å². The maximum Gasteiger partial charge on any atom is 0.119 e. The zero-order valence-electron chi connectivity index (χ0n) is 16.8. The number of anilines is 1. The van der Waals surface area contributed by atoms with Gasteiger partial charge in [0.15, 0.2) is 0 Å². The Kier molecular flexibility index (Phi) is 4.77. The SMILES string of the molecule is [2H]C([2H])(NC)C([2H])([2H])N1CCN(c2ccc(OCCOC)cc2)CC1. The summed E-state index contributed by atoms with van der Waals surface area (Å²) in [5.74, 6) is 0.790. The van der Waals surface area contributed by atoms with Crippen LogP contribution in [0.1, 0.15) is 5.48 Å². The number of benzene rings is 1. The van der Waals surface area contributed by atoms with Crippen molar-refractivity contribution in [2.45, 2.75) is 0 Å². The molecule has 1 N–H and O–H groups in total. The number of hydrogen-bond acceptors (Lipinski definition) is 5. The third-order valence-corrected chi connectivity index (χ3v) is 3.38. The molecule has 1 fully saturated rings. The average Bonchev–Trinajstić information content (AvgIpc) is 2.62. The minimum atomic E-state index is -2.10. The molecule has 0 aromatic heterocycles. The minimum Gasteiger partial charge on any atom is -0.491 e. The first-order valence-corrected chi connectivity index (χ1v) is 7.22. The molecular weight excluding hydrogens is 266 g/mol. The van der Waals surface area contributed by atoms with Crippen molar-refractivity contribution in [2.75, 3.05) is 71.4 Å². The molecule has 0 amide bonds. The predicted octanol–water partition coefficient (Wildman–Crippen LogP) is 1.05. The van der Waals surface area contributed by atoms with Crippen molar-refractivity contribution < 1.29 is 15.0 Å². The monoisotopic (exact) mass is 297 g/mol. The van der Waals surface area contributed by atoms with Gasteiger partial charge in [0, 0.05) is 57.5 Å². The standard InChI is InChI=1S/C16H27N3O2/c1-17-7-8-18-9-11-19(12-10-18)15-3-5-16(6-4-15)21-14-13-20-2/h3-6,17H,7-14H2,1-2H3/i7D2,8D2. The highest BCUT2D eigenvalue weighted by molar-refractivity contribution is 5.49. The molecule has 0 atom stereocenters. The zero-order chi connectivity index (χ0) is 18.5. The number of nitrogens with one attached hydrogen (secondary N) is 1. The molecule has 0 unspecified atom stereocenters. The van der Waals surface area contributed by atoms with Gasteiger partial charge in [-0.05, 0) is 31.3 Å². The third kappa shape index (κ3) is 5.19. The summed E-state index contributed by atoms with van der Waals surface area (Å²) in [4.78, 5) is 3.72. The van der Waals surface area contributed by atoms with E-state index in [0.29, 0.717) is 39.4 Å². The summed E-state index contributed by atoms with van der Waals surface area (Å²) >= 11 is 0. The molecule has 0 spiro atoms. The fourth-order valence-electron chi connectivity index (χ4n) is 2.21. The molecule has 1 saturated heterocycles. The highest BCUT2D eigenvalue weighted by Crippen LogP contribution is 2.20. The van der Waals surface area contributed by atoms with Gasteiger partial charge in [0.1, 0.15) is 12.4 Å². The van der Waals surface area contributed by atoms with Crippen molar-refractivity contribution in [2.24, 2.45) is 0 Å². The molecule has 0 saturated carbocycles. The maximum atomic E-state index is 8.11. The van der Waals surface area contributed by atoms with Crippen LogP contribution in [0.25, 0.3) is 0 Å². The number of rotatable bonds is 8. The van der Waals surface area contributed by atoms with Crippen molar-refractivity contribution in [3.05, 3.63) is 24.3 Å². The summed E-state index contributed by atoms with van der Waals surface area (Å²) in [6.45, 7) is -0.904. The van der Waals surface area contributed by atoms with Crippen molar-refractivity contribution in [3.63, 3.8) is 0 Å². The Morgan fingerprint density at radius 2 is 1.86 bits per heavy atom. The third-order valence-electron chi connectivity index (χ3n) is 3.38. The molecule has 5 nitrogen and oxygen atoms in total. The van der Waals surface area contributed by atoms with Crippen molar-refractivity contribution in [3.8, 4) is 5.75 Å². The molecular formula is C16H27N3O2. The van der Waals surface area contributed by atoms with E-state index in [9.17, 15) is 0 Å². The molecule has 1 aromatic rings. The van der Waals surface area contributed by atoms with Gasteiger partial charge >= 0.3 is 0 Å². The zero-order valence-corrected chi connectivity index (χ0v) is 12.8. The fourth-order valence-corrected chi connectivity index (χ4v) is 2.21. The van der Waals surface area contributed by atoms with E-state index in [2.05, 4.69) is 10.2 Å². The molecule has 0 bridgehead atoms. The first-order chi connectivity index (χ1) is 11.8. The summed E-state index contributed by atoms with van der Waals surface area (Å²) in [7, 11) is 3.07. The Hall–Kier alpha value is -1.30. The highest BCUT2D eigenvalue weighted by Gasteiger charge is 2.16. The number of methoxy groups -OCH3 is 1. The first kappa shape index (κ1) is 11.3. The molecule has 1 aromatic carbocycles. The Bertz CT molecular complexity index is 535. The van der Waals surface area contributed by atoms with Crippen LogP contribution in [-0.2, 0) is 4.74 Å². The van der Waals surface area contributed by atoms with E-state index in [1.54, 1.807) is 12.0 Å². The molecule has 5 heteroatoms. The van der Waals surface area contributed by atoms with E-state index in [-0.39, 0.29) is 0 Å². The Morgan fingerprint density at radius 1 is 1.14 bits per heavy atom. The Labute approximate surface area is 133 Å². The van der Waals surface area contributed by atoms with E-state index in [0.717, 1.165) is 11.4 Å². The van der Waals surface area contributed by atoms with Crippen LogP contribution in [0.5, 0.6) is 5.75 Å². The van der Waals surface area contributed by atoms with Gasteiger partial charge in [-0.25, -0.2) is 0 Å². The quantitative estimate of drug-likeness (QED) is 0.726. The first-order valence-electron chi connectivity index (χ1n) is 9.22. The summed E-state index contributed by atoms with van der Waals surface area (Å²) in [5.41, 5.74) is 1.05. The normalized spacial score (nSPS) is 20.4. The smallest absolute Gasteiger partial charge is 0.119 e. The van der Waals surface area contributed by atoms with Gasteiger partial charge in [-0.1, -0.05) is 0 Å². The maximum absolute atomic E-state index is 8.11. The number of likely N-dealkylation sites (N-methyl/N-ethyl adjacent to an activating group) is 1. The van der Waals surface area contributed by atoms with Crippen LogP contribution in [0.2, 0.25) is 0 Å². The summed E-state index contributed by atoms with van der Waals surface area (Å²) in [5, 5.41) is 2.43. The molecule has 21 heavy (non-hydrogen) atoms. The second kappa shape index (κ2) is 8.87. The average molecular weight is 297 g/mol. The van der Waals surface area contributed by atoms with E-state index in [1.165, 1.54) is 7.05 Å². The van der Waals surface area contributed by atoms with Gasteiger partial charge in [-0.15, -0.1) is 0 Å². The topological polar surface area (TPSA) is 37.0 Å². The second-order valence-corrected chi connectivity index (χ2v) is 4.80. The van der Waals surface area contributed by atoms with E-state index >= 15 is 0 Å². The number of hydrogen-bond donors (Lipinski definition) is 1. The molecule has 2 rings (SSSR count). The van der Waals surface area contributed by atoms with Crippen LogP contribution in [0, 0.1) is 0 Å². The lowest BCUT2D eigenvalue weighted by atomic mass is 10.2. The summed E-state index contributed by atoms with van der Waals surface area (Å²) in [6.07, 6.45) is 0. The van der Waals surface area contributed by atoms with Crippen LogP contribution in [0.4, 0.5) is 5.69 Å². The van der Waals surface area contributed by atoms with Gasteiger partial charge in [0.25, 0.3) is 0 Å². The van der Waals surface area contributed by atoms with Crippen LogP contribution >= 0.6 is 0 Å². The van der Waals surface area contributed by atoms with E-state index < -0.39 is 13.0 Å². The Morgan fingerprint density at radius 3 is 2.48 bits per heavy atom. The molecule has 0 radical (unpaired) electrons. The molecule has 0 aliphatic carbocycles. The van der Waals surface area contributed by atoms with Crippen LogP contribution in [0.3, 0.4) is 0 Å². The molecule has 1 aliphatic rings. The van der Waals surface area contributed by atoms with Crippen molar-refractivity contribution in [1.29, 1.82) is 0 Å². The van der Waals surface area contributed by atoms with Gasteiger partial charge in [-0.3, -0.25) is 4.90 Å². The highest BCUT2D eigenvalue weighted by atomic mass is 16.5. The number of ether oxygens (including phenoxy) is 2.